The average Bonchev–Trinajstić information content (AvgIpc) is 3.57. The highest BCUT2D eigenvalue weighted by atomic mass is 32.1. The monoisotopic (exact) mass is 526 g/mol. The van der Waals surface area contributed by atoms with Crippen LogP contribution in [-0.2, 0) is 4.79 Å². The zero-order chi connectivity index (χ0) is 24.6. The Balaban J connectivity index is 1.19. The van der Waals surface area contributed by atoms with Crippen LogP contribution < -0.4 is 10.6 Å². The number of benzene rings is 1. The molecule has 1 saturated carbocycles. The minimum atomic E-state index is -4.19. The van der Waals surface area contributed by atoms with Crippen LogP contribution in [-0.4, -0.2) is 77.2 Å². The number of piperazine rings is 1. The first-order chi connectivity index (χ1) is 16.8. The molecular formula is C23H29F3N6OS2. The summed E-state index contributed by atoms with van der Waals surface area (Å²) in [6, 6.07) is 2.67. The summed E-state index contributed by atoms with van der Waals surface area (Å²) in [7, 11) is 0. The van der Waals surface area contributed by atoms with Gasteiger partial charge in [-0.2, -0.15) is 13.2 Å². The van der Waals surface area contributed by atoms with Gasteiger partial charge in [-0.05, 0) is 25.8 Å². The van der Waals surface area contributed by atoms with E-state index in [4.69, 9.17) is 0 Å². The van der Waals surface area contributed by atoms with Crippen molar-refractivity contribution in [1.29, 1.82) is 0 Å². The summed E-state index contributed by atoms with van der Waals surface area (Å²) in [5.74, 6) is 0.0873. The summed E-state index contributed by atoms with van der Waals surface area (Å²) in [5.41, 5.74) is 2.43. The molecular weight excluding hydrogens is 497 g/mol. The molecule has 5 rings (SSSR count). The summed E-state index contributed by atoms with van der Waals surface area (Å²) in [5, 5.41) is 7.12. The van der Waals surface area contributed by atoms with Gasteiger partial charge < -0.3 is 15.5 Å². The van der Waals surface area contributed by atoms with E-state index in [1.54, 1.807) is 0 Å². The number of alkyl halides is 3. The zero-order valence-electron chi connectivity index (χ0n) is 19.6. The van der Waals surface area contributed by atoms with Crippen molar-refractivity contribution < 1.29 is 18.0 Å². The molecule has 1 aromatic carbocycles. The third kappa shape index (κ3) is 5.64. The lowest BCUT2D eigenvalue weighted by molar-refractivity contribution is -0.132. The van der Waals surface area contributed by atoms with Crippen LogP contribution >= 0.6 is 22.7 Å². The normalized spacial score (nSPS) is 18.1. The Labute approximate surface area is 209 Å². The SMILES string of the molecule is Cc1c2nc(NCCC(F)(F)F)sc2cc2sc(NCC(=O)N3CCN(C4CCCC4)CC3)nc12. The van der Waals surface area contributed by atoms with Crippen molar-refractivity contribution in [2.45, 2.75) is 51.2 Å². The van der Waals surface area contributed by atoms with Crippen molar-refractivity contribution in [3.05, 3.63) is 11.6 Å². The van der Waals surface area contributed by atoms with Gasteiger partial charge in [0.25, 0.3) is 0 Å². The molecule has 12 heteroatoms. The molecule has 2 aliphatic rings. The summed E-state index contributed by atoms with van der Waals surface area (Å²) in [6.07, 6.45) is 0.126. The molecule has 3 aromatic rings. The summed E-state index contributed by atoms with van der Waals surface area (Å²) in [4.78, 5) is 26.4. The summed E-state index contributed by atoms with van der Waals surface area (Å²) in [6.45, 7) is 5.38. The van der Waals surface area contributed by atoms with Gasteiger partial charge in [-0.1, -0.05) is 35.5 Å². The quantitative estimate of drug-likeness (QED) is 0.448. The number of rotatable bonds is 7. The fraction of sp³-hybridized carbons (Fsp3) is 0.609. The van der Waals surface area contributed by atoms with E-state index in [1.807, 2.05) is 17.9 Å². The largest absolute Gasteiger partial charge is 0.390 e. The number of carbonyl (C=O) groups is 1. The van der Waals surface area contributed by atoms with E-state index in [1.165, 1.54) is 48.4 Å². The van der Waals surface area contributed by atoms with Crippen LogP contribution in [0.1, 0.15) is 37.7 Å². The standard InChI is InChI=1S/C23H29F3N6OS2/c1-14-19-16(34-21(29-19)27-7-6-23(24,25)26)12-17-20(14)30-22(35-17)28-13-18(33)32-10-8-31(9-11-32)15-4-2-3-5-15/h12,15H,2-11,13H2,1H3,(H,27,29)(H,28,30). The number of thiazole rings is 2. The molecule has 3 heterocycles. The summed E-state index contributed by atoms with van der Waals surface area (Å²) >= 11 is 2.81. The number of fused-ring (bicyclic) bond motifs is 2. The van der Waals surface area contributed by atoms with E-state index < -0.39 is 12.6 Å². The van der Waals surface area contributed by atoms with Crippen molar-refractivity contribution in [1.82, 2.24) is 19.8 Å². The Morgan fingerprint density at radius 3 is 2.23 bits per heavy atom. The molecule has 2 aromatic heterocycles. The first-order valence-electron chi connectivity index (χ1n) is 12.0. The third-order valence-electron chi connectivity index (χ3n) is 6.86. The van der Waals surface area contributed by atoms with Crippen LogP contribution in [0.2, 0.25) is 0 Å². The van der Waals surface area contributed by atoms with Crippen molar-refractivity contribution in [3.63, 3.8) is 0 Å². The van der Waals surface area contributed by atoms with E-state index in [0.717, 1.165) is 52.2 Å². The molecule has 0 bridgehead atoms. The van der Waals surface area contributed by atoms with Crippen molar-refractivity contribution in [3.8, 4) is 0 Å². The molecule has 2 fully saturated rings. The van der Waals surface area contributed by atoms with Crippen molar-refractivity contribution in [2.75, 3.05) is 49.9 Å². The van der Waals surface area contributed by atoms with E-state index in [2.05, 4.69) is 25.5 Å². The van der Waals surface area contributed by atoms with Crippen molar-refractivity contribution >= 4 is 59.3 Å². The molecule has 1 saturated heterocycles. The highest BCUT2D eigenvalue weighted by Crippen LogP contribution is 2.37. The second kappa shape index (κ2) is 10.1. The number of nitrogens with zero attached hydrogens (tertiary/aromatic N) is 4. The second-order valence-electron chi connectivity index (χ2n) is 9.23. The fourth-order valence-electron chi connectivity index (χ4n) is 4.96. The maximum Gasteiger partial charge on any atom is 0.390 e. The van der Waals surface area contributed by atoms with Crippen LogP contribution in [0, 0.1) is 6.92 Å². The molecule has 1 aliphatic carbocycles. The first-order valence-corrected chi connectivity index (χ1v) is 13.7. The summed E-state index contributed by atoms with van der Waals surface area (Å²) < 4.78 is 39.1. The average molecular weight is 527 g/mol. The van der Waals surface area contributed by atoms with Crippen LogP contribution in [0.25, 0.3) is 20.4 Å². The second-order valence-corrected chi connectivity index (χ2v) is 11.3. The molecule has 1 amide bonds. The molecule has 1 aliphatic heterocycles. The number of hydrogen-bond acceptors (Lipinski definition) is 8. The number of hydrogen-bond donors (Lipinski definition) is 2. The number of aryl methyl sites for hydroxylation is 1. The topological polar surface area (TPSA) is 73.4 Å². The Morgan fingerprint density at radius 1 is 1.03 bits per heavy atom. The Morgan fingerprint density at radius 2 is 1.63 bits per heavy atom. The van der Waals surface area contributed by atoms with Crippen LogP contribution in [0.3, 0.4) is 0 Å². The van der Waals surface area contributed by atoms with Gasteiger partial charge in [0.05, 0.1) is 33.4 Å². The van der Waals surface area contributed by atoms with Gasteiger partial charge in [0.2, 0.25) is 5.91 Å². The van der Waals surface area contributed by atoms with Crippen LogP contribution in [0.4, 0.5) is 23.4 Å². The predicted molar refractivity (Wildman–Crippen MR) is 136 cm³/mol. The van der Waals surface area contributed by atoms with E-state index in [0.29, 0.717) is 16.3 Å². The van der Waals surface area contributed by atoms with E-state index >= 15 is 0 Å². The number of amides is 1. The van der Waals surface area contributed by atoms with Crippen molar-refractivity contribution in [2.24, 2.45) is 0 Å². The lowest BCUT2D eigenvalue weighted by Gasteiger charge is -2.38. The first kappa shape index (κ1) is 24.5. The van der Waals surface area contributed by atoms with Gasteiger partial charge in [0.1, 0.15) is 0 Å². The molecule has 0 unspecified atom stereocenters. The van der Waals surface area contributed by atoms with Gasteiger partial charge in [0.15, 0.2) is 10.3 Å². The van der Waals surface area contributed by atoms with Crippen LogP contribution in [0.5, 0.6) is 0 Å². The number of nitrogens with one attached hydrogen (secondary N) is 2. The minimum Gasteiger partial charge on any atom is -0.361 e. The van der Waals surface area contributed by atoms with Gasteiger partial charge in [-0.15, -0.1) is 0 Å². The molecule has 2 N–H and O–H groups in total. The van der Waals surface area contributed by atoms with Gasteiger partial charge >= 0.3 is 6.18 Å². The van der Waals surface area contributed by atoms with Gasteiger partial charge in [-0.3, -0.25) is 9.69 Å². The molecule has 190 valence electrons. The number of aromatic nitrogens is 2. The van der Waals surface area contributed by atoms with E-state index in [9.17, 15) is 18.0 Å². The maximum absolute atomic E-state index is 12.8. The molecule has 7 nitrogen and oxygen atoms in total. The smallest absolute Gasteiger partial charge is 0.361 e. The van der Waals surface area contributed by atoms with Gasteiger partial charge in [0, 0.05) is 44.3 Å². The molecule has 0 atom stereocenters. The fourth-order valence-corrected chi connectivity index (χ4v) is 6.99. The Kier molecular flexibility index (Phi) is 7.04. The minimum absolute atomic E-state index is 0.0873. The lowest BCUT2D eigenvalue weighted by atomic mass is 10.2. The molecule has 35 heavy (non-hydrogen) atoms. The molecule has 0 spiro atoms. The molecule has 0 radical (unpaired) electrons. The zero-order valence-corrected chi connectivity index (χ0v) is 21.2. The maximum atomic E-state index is 12.8. The van der Waals surface area contributed by atoms with Crippen LogP contribution in [0.15, 0.2) is 6.07 Å². The highest BCUT2D eigenvalue weighted by Gasteiger charge is 2.28. The Hall–Kier alpha value is -2.18. The predicted octanol–water partition coefficient (Wildman–Crippen LogP) is 5.08. The number of carbonyl (C=O) groups excluding carboxylic acids is 1. The number of halogens is 3. The lowest BCUT2D eigenvalue weighted by Crippen LogP contribution is -2.52. The van der Waals surface area contributed by atoms with Gasteiger partial charge in [-0.25, -0.2) is 9.97 Å². The highest BCUT2D eigenvalue weighted by molar-refractivity contribution is 7.24. The third-order valence-corrected chi connectivity index (χ3v) is 8.78. The Bertz CT molecular complexity index is 1200. The van der Waals surface area contributed by atoms with E-state index in [-0.39, 0.29) is 19.0 Å². The number of anilines is 2.